The lowest BCUT2D eigenvalue weighted by atomic mass is 10.1. The zero-order valence-electron chi connectivity index (χ0n) is 10.4. The molecule has 1 unspecified atom stereocenters. The Balaban J connectivity index is 0.00000289. The molecule has 1 amide bonds. The van der Waals surface area contributed by atoms with Crippen LogP contribution in [-0.2, 0) is 9.53 Å². The molecule has 0 bridgehead atoms. The average molecular weight is 293 g/mol. The van der Waals surface area contributed by atoms with Gasteiger partial charge in [0.25, 0.3) is 0 Å². The van der Waals surface area contributed by atoms with Gasteiger partial charge in [0.15, 0.2) is 0 Å². The minimum absolute atomic E-state index is 0. The van der Waals surface area contributed by atoms with Crippen molar-refractivity contribution in [2.24, 2.45) is 5.73 Å². The van der Waals surface area contributed by atoms with E-state index in [1.807, 2.05) is 18.2 Å². The van der Waals surface area contributed by atoms with Crippen LogP contribution in [0.5, 0.6) is 0 Å². The maximum Gasteiger partial charge on any atom is 0.236 e. The molecular weight excluding hydrogens is 275 g/mol. The van der Waals surface area contributed by atoms with Crippen LogP contribution in [0.1, 0.15) is 18.6 Å². The maximum absolute atomic E-state index is 11.3. The molecule has 0 spiro atoms. The quantitative estimate of drug-likeness (QED) is 0.871. The van der Waals surface area contributed by atoms with Crippen molar-refractivity contribution in [1.29, 1.82) is 0 Å². The van der Waals surface area contributed by atoms with Crippen LogP contribution in [0.3, 0.4) is 0 Å². The number of amides is 1. The summed E-state index contributed by atoms with van der Waals surface area (Å²) in [5.74, 6) is -0.200. The number of rotatable bonds is 5. The third-order valence-corrected chi connectivity index (χ3v) is 2.62. The molecule has 0 saturated carbocycles. The Bertz CT molecular complexity index is 386. The van der Waals surface area contributed by atoms with E-state index in [0.717, 1.165) is 5.56 Å². The smallest absolute Gasteiger partial charge is 0.236 e. The van der Waals surface area contributed by atoms with Crippen molar-refractivity contribution in [3.05, 3.63) is 34.9 Å². The molecule has 0 aliphatic heterocycles. The first-order valence-corrected chi connectivity index (χ1v) is 5.74. The predicted molar refractivity (Wildman–Crippen MR) is 75.1 cm³/mol. The molecule has 4 nitrogen and oxygen atoms in total. The van der Waals surface area contributed by atoms with Crippen molar-refractivity contribution in [3.63, 3.8) is 0 Å². The fourth-order valence-corrected chi connectivity index (χ4v) is 1.60. The van der Waals surface area contributed by atoms with Crippen LogP contribution in [0, 0.1) is 0 Å². The van der Waals surface area contributed by atoms with Gasteiger partial charge in [0, 0.05) is 18.7 Å². The molecular formula is C12H18Cl2N2O2. The Morgan fingerprint density at radius 1 is 1.56 bits per heavy atom. The van der Waals surface area contributed by atoms with Gasteiger partial charge in [-0.05, 0) is 24.6 Å². The maximum atomic E-state index is 11.3. The molecule has 2 atom stereocenters. The van der Waals surface area contributed by atoms with Crippen LogP contribution in [0.15, 0.2) is 24.3 Å². The van der Waals surface area contributed by atoms with Gasteiger partial charge < -0.3 is 15.8 Å². The van der Waals surface area contributed by atoms with E-state index < -0.39 is 6.04 Å². The van der Waals surface area contributed by atoms with Crippen molar-refractivity contribution >= 4 is 29.9 Å². The summed E-state index contributed by atoms with van der Waals surface area (Å²) in [5, 5.41) is 3.36. The largest absolute Gasteiger partial charge is 0.375 e. The predicted octanol–water partition coefficient (Wildman–Crippen LogP) is 1.91. The molecule has 3 N–H and O–H groups in total. The van der Waals surface area contributed by atoms with Gasteiger partial charge in [0.1, 0.15) is 0 Å². The number of benzene rings is 1. The SMILES string of the molecule is COC(CNC(=O)[C@H](C)N)c1cccc(Cl)c1.Cl. The van der Waals surface area contributed by atoms with E-state index in [0.29, 0.717) is 11.6 Å². The Labute approximate surface area is 118 Å². The van der Waals surface area contributed by atoms with Crippen LogP contribution in [0.25, 0.3) is 0 Å². The second-order valence-electron chi connectivity index (χ2n) is 3.81. The monoisotopic (exact) mass is 292 g/mol. The molecule has 102 valence electrons. The number of halogens is 2. The summed E-state index contributed by atoms with van der Waals surface area (Å²) in [6.07, 6.45) is -0.226. The number of nitrogens with two attached hydrogens (primary N) is 1. The van der Waals surface area contributed by atoms with Gasteiger partial charge in [-0.1, -0.05) is 23.7 Å². The molecule has 0 saturated heterocycles. The molecule has 0 aliphatic carbocycles. The normalized spacial score (nSPS) is 13.3. The second-order valence-corrected chi connectivity index (χ2v) is 4.25. The van der Waals surface area contributed by atoms with Crippen molar-refractivity contribution in [3.8, 4) is 0 Å². The van der Waals surface area contributed by atoms with Gasteiger partial charge in [-0.15, -0.1) is 12.4 Å². The third kappa shape index (κ3) is 5.23. The number of hydrogen-bond acceptors (Lipinski definition) is 3. The lowest BCUT2D eigenvalue weighted by molar-refractivity contribution is -0.122. The van der Waals surface area contributed by atoms with Gasteiger partial charge >= 0.3 is 0 Å². The zero-order chi connectivity index (χ0) is 12.8. The summed E-state index contributed by atoms with van der Waals surface area (Å²) in [5.41, 5.74) is 6.37. The highest BCUT2D eigenvalue weighted by Crippen LogP contribution is 2.19. The second kappa shape index (κ2) is 8.32. The Hall–Kier alpha value is -0.810. The van der Waals surface area contributed by atoms with E-state index in [9.17, 15) is 4.79 Å². The number of methoxy groups -OCH3 is 1. The van der Waals surface area contributed by atoms with Crippen molar-refractivity contribution in [1.82, 2.24) is 5.32 Å². The minimum atomic E-state index is -0.521. The Morgan fingerprint density at radius 3 is 2.72 bits per heavy atom. The van der Waals surface area contributed by atoms with Crippen LogP contribution < -0.4 is 11.1 Å². The van der Waals surface area contributed by atoms with Gasteiger partial charge in [-0.2, -0.15) is 0 Å². The molecule has 1 aromatic carbocycles. The van der Waals surface area contributed by atoms with E-state index in [1.165, 1.54) is 0 Å². The summed E-state index contributed by atoms with van der Waals surface area (Å²) >= 11 is 5.90. The lowest BCUT2D eigenvalue weighted by Gasteiger charge is -2.17. The van der Waals surface area contributed by atoms with Crippen LogP contribution in [0.4, 0.5) is 0 Å². The molecule has 0 aromatic heterocycles. The first-order valence-electron chi connectivity index (χ1n) is 5.36. The Kier molecular flexibility index (Phi) is 7.95. The zero-order valence-corrected chi connectivity index (χ0v) is 11.9. The van der Waals surface area contributed by atoms with Crippen molar-refractivity contribution in [2.75, 3.05) is 13.7 Å². The molecule has 18 heavy (non-hydrogen) atoms. The highest BCUT2D eigenvalue weighted by Gasteiger charge is 2.13. The van der Waals surface area contributed by atoms with E-state index >= 15 is 0 Å². The molecule has 6 heteroatoms. The summed E-state index contributed by atoms with van der Waals surface area (Å²) in [4.78, 5) is 11.3. The highest BCUT2D eigenvalue weighted by atomic mass is 35.5. The lowest BCUT2D eigenvalue weighted by Crippen LogP contribution is -2.40. The van der Waals surface area contributed by atoms with Crippen LogP contribution >= 0.6 is 24.0 Å². The highest BCUT2D eigenvalue weighted by molar-refractivity contribution is 6.30. The molecule has 0 heterocycles. The van der Waals surface area contributed by atoms with Crippen molar-refractivity contribution in [2.45, 2.75) is 19.1 Å². The number of carbonyl (C=O) groups is 1. The van der Waals surface area contributed by atoms with E-state index in [4.69, 9.17) is 22.1 Å². The van der Waals surface area contributed by atoms with Gasteiger partial charge in [-0.3, -0.25) is 4.79 Å². The number of hydrogen-bond donors (Lipinski definition) is 2. The fourth-order valence-electron chi connectivity index (χ4n) is 1.40. The summed E-state index contributed by atoms with van der Waals surface area (Å²) in [6.45, 7) is 2.01. The standard InChI is InChI=1S/C12H17ClN2O2.ClH/c1-8(14)12(16)15-7-11(17-2)9-4-3-5-10(13)6-9;/h3-6,8,11H,7,14H2,1-2H3,(H,15,16);1H/t8-,11?;/m0./s1. The van der Waals surface area contributed by atoms with Crippen LogP contribution in [-0.4, -0.2) is 25.6 Å². The summed E-state index contributed by atoms with van der Waals surface area (Å²) in [7, 11) is 1.59. The van der Waals surface area contributed by atoms with Gasteiger partial charge in [-0.25, -0.2) is 0 Å². The molecule has 1 rings (SSSR count). The van der Waals surface area contributed by atoms with E-state index in [2.05, 4.69) is 5.32 Å². The number of carbonyl (C=O) groups excluding carboxylic acids is 1. The number of nitrogens with one attached hydrogen (secondary N) is 1. The molecule has 0 radical (unpaired) electrons. The molecule has 1 aromatic rings. The summed E-state index contributed by atoms with van der Waals surface area (Å²) < 4.78 is 5.31. The molecule has 0 aliphatic rings. The first-order chi connectivity index (χ1) is 8.04. The van der Waals surface area contributed by atoms with Crippen molar-refractivity contribution < 1.29 is 9.53 Å². The Morgan fingerprint density at radius 2 is 2.22 bits per heavy atom. The average Bonchev–Trinajstić information content (AvgIpc) is 2.29. The fraction of sp³-hybridized carbons (Fsp3) is 0.417. The summed E-state index contributed by atoms with van der Waals surface area (Å²) in [6, 6.07) is 6.83. The van der Waals surface area contributed by atoms with Crippen LogP contribution in [0.2, 0.25) is 5.02 Å². The van der Waals surface area contributed by atoms with Gasteiger partial charge in [0.05, 0.1) is 12.1 Å². The molecule has 0 fully saturated rings. The number of ether oxygens (including phenoxy) is 1. The van der Waals surface area contributed by atoms with E-state index in [-0.39, 0.29) is 24.4 Å². The van der Waals surface area contributed by atoms with Gasteiger partial charge in [0.2, 0.25) is 5.91 Å². The van der Waals surface area contributed by atoms with E-state index in [1.54, 1.807) is 20.1 Å². The third-order valence-electron chi connectivity index (χ3n) is 2.38. The topological polar surface area (TPSA) is 64.3 Å². The minimum Gasteiger partial charge on any atom is -0.375 e. The first kappa shape index (κ1) is 17.2.